The molecule has 56 heavy (non-hydrogen) atoms. The van der Waals surface area contributed by atoms with Crippen LogP contribution in [-0.2, 0) is 0 Å². The number of nitrogens with one attached hydrogen (secondary N) is 4. The lowest BCUT2D eigenvalue weighted by Gasteiger charge is -2.15. The first-order chi connectivity index (χ1) is 26.8. The van der Waals surface area contributed by atoms with Gasteiger partial charge in [-0.15, -0.1) is 0 Å². The Kier molecular flexibility index (Phi) is 13.8. The molecule has 0 spiro atoms. The number of amides is 4. The molecule has 0 saturated carbocycles. The fraction of sp³-hybridized carbons (Fsp3) is 0.0811. The van der Waals surface area contributed by atoms with E-state index in [2.05, 4.69) is 51.2 Å². The lowest BCUT2D eigenvalue weighted by atomic mass is 10.1. The second-order valence-corrected chi connectivity index (χ2v) is 13.2. The number of rotatable bonds is 9. The van der Waals surface area contributed by atoms with Crippen LogP contribution in [0.2, 0.25) is 20.1 Å². The predicted octanol–water partition coefficient (Wildman–Crippen LogP) is 7.99. The molecule has 0 saturated heterocycles. The van der Waals surface area contributed by atoms with Crippen LogP contribution in [0.15, 0.2) is 91.8 Å². The van der Waals surface area contributed by atoms with Crippen molar-refractivity contribution in [2.45, 2.75) is 13.8 Å². The van der Waals surface area contributed by atoms with Crippen molar-refractivity contribution in [3.05, 3.63) is 146 Å². The van der Waals surface area contributed by atoms with Crippen LogP contribution in [0.4, 0.5) is 23.0 Å². The number of aryl methyl sites for hydroxylation is 2. The normalized spacial score (nSPS) is 10.3. The third-order valence-corrected chi connectivity index (χ3v) is 8.05. The topological polar surface area (TPSA) is 203 Å². The predicted molar refractivity (Wildman–Crippen MR) is 213 cm³/mol. The number of benzene rings is 2. The molecular formula is C37H28Cl4N10O5. The van der Waals surface area contributed by atoms with Crippen molar-refractivity contribution in [2.75, 3.05) is 28.4 Å². The second kappa shape index (κ2) is 18.9. The average molecular weight is 835 g/mol. The van der Waals surface area contributed by atoms with Gasteiger partial charge in [-0.1, -0.05) is 46.4 Å². The molecule has 0 aliphatic heterocycles. The first-order valence-electron chi connectivity index (χ1n) is 16.0. The van der Waals surface area contributed by atoms with Crippen LogP contribution in [0.1, 0.15) is 53.1 Å². The van der Waals surface area contributed by atoms with Gasteiger partial charge in [0, 0.05) is 53.3 Å². The van der Waals surface area contributed by atoms with Gasteiger partial charge in [-0.2, -0.15) is 0 Å². The minimum Gasteiger partial charge on any atom is -0.494 e. The van der Waals surface area contributed by atoms with Gasteiger partial charge < -0.3 is 26.0 Å². The monoisotopic (exact) mass is 832 g/mol. The number of pyridine rings is 2. The summed E-state index contributed by atoms with van der Waals surface area (Å²) in [5.41, 5.74) is 2.26. The molecule has 0 unspecified atom stereocenters. The summed E-state index contributed by atoms with van der Waals surface area (Å²) < 4.78 is 5.29. The molecule has 0 aliphatic carbocycles. The molecule has 6 rings (SSSR count). The largest absolute Gasteiger partial charge is 0.494 e. The van der Waals surface area contributed by atoms with E-state index in [0.717, 1.165) is 11.1 Å². The van der Waals surface area contributed by atoms with E-state index in [0.29, 0.717) is 20.9 Å². The third kappa shape index (κ3) is 11.1. The average Bonchev–Trinajstić information content (AvgIpc) is 3.18. The molecule has 4 N–H and O–H groups in total. The van der Waals surface area contributed by atoms with E-state index in [-0.39, 0.29) is 50.7 Å². The van der Waals surface area contributed by atoms with Crippen LogP contribution in [-0.4, -0.2) is 60.6 Å². The van der Waals surface area contributed by atoms with E-state index in [1.807, 2.05) is 6.92 Å². The number of methoxy groups -OCH3 is 1. The van der Waals surface area contributed by atoms with E-state index in [9.17, 15) is 19.2 Å². The first-order valence-corrected chi connectivity index (χ1v) is 17.5. The summed E-state index contributed by atoms with van der Waals surface area (Å²) in [7, 11) is 1.39. The summed E-state index contributed by atoms with van der Waals surface area (Å²) in [5, 5.41) is 12.0. The van der Waals surface area contributed by atoms with Crippen LogP contribution in [0.5, 0.6) is 5.75 Å². The highest BCUT2D eigenvalue weighted by Gasteiger charge is 2.22. The van der Waals surface area contributed by atoms with Crippen LogP contribution in [0, 0.1) is 13.8 Å². The standard InChI is InChI=1S/C19H15Cl2N5O3.C18H13Cl2N5O2/c1-10-7-23-17(24-8-10)19(28)26-16-13(5-12(21)6-14(16)29-2)18(27)25-15-4-3-11(20)9-22-15;1-10-7-22-16(23-8-10)18(27)24-14-4-2-11(19)6-13(14)17(26)25-15-5-3-12(20)9-21-15/h3-9H,1-2H3,(H,26,28)(H,22,25,27);2-9H,1H3,(H,24,27)(H,21,25,26). The van der Waals surface area contributed by atoms with Crippen LogP contribution in [0.3, 0.4) is 0 Å². The Morgan fingerprint density at radius 2 is 0.964 bits per heavy atom. The summed E-state index contributed by atoms with van der Waals surface area (Å²) in [4.78, 5) is 74.3. The molecule has 0 radical (unpaired) electrons. The summed E-state index contributed by atoms with van der Waals surface area (Å²) in [6, 6.07) is 13.7. The van der Waals surface area contributed by atoms with Crippen molar-refractivity contribution in [3.63, 3.8) is 0 Å². The molecule has 4 heterocycles. The molecule has 0 fully saturated rings. The fourth-order valence-electron chi connectivity index (χ4n) is 4.50. The van der Waals surface area contributed by atoms with E-state index in [4.69, 9.17) is 51.1 Å². The van der Waals surface area contributed by atoms with Crippen molar-refractivity contribution >= 4 is 93.0 Å². The number of carbonyl (C=O) groups is 4. The summed E-state index contributed by atoms with van der Waals surface area (Å²) in [6.07, 6.45) is 8.90. The quantitative estimate of drug-likeness (QED) is 0.110. The Morgan fingerprint density at radius 3 is 1.45 bits per heavy atom. The van der Waals surface area contributed by atoms with Gasteiger partial charge >= 0.3 is 0 Å². The molecule has 0 atom stereocenters. The zero-order valence-corrected chi connectivity index (χ0v) is 32.4. The highest BCUT2D eigenvalue weighted by molar-refractivity contribution is 6.32. The Bertz CT molecular complexity index is 2390. The van der Waals surface area contributed by atoms with Crippen LogP contribution in [0.25, 0.3) is 0 Å². The van der Waals surface area contributed by atoms with Crippen molar-refractivity contribution < 1.29 is 23.9 Å². The first kappa shape index (κ1) is 40.9. The Labute approximate surface area is 339 Å². The summed E-state index contributed by atoms with van der Waals surface area (Å²) in [5.74, 6) is -1.48. The third-order valence-electron chi connectivity index (χ3n) is 7.15. The van der Waals surface area contributed by atoms with E-state index in [1.165, 1.54) is 68.6 Å². The summed E-state index contributed by atoms with van der Waals surface area (Å²) in [6.45, 7) is 3.62. The molecule has 0 aliphatic rings. The number of ether oxygens (including phenoxy) is 1. The van der Waals surface area contributed by atoms with Gasteiger partial charge in [0.05, 0.1) is 39.7 Å². The zero-order valence-electron chi connectivity index (χ0n) is 29.4. The number of halogens is 4. The highest BCUT2D eigenvalue weighted by atomic mass is 35.5. The zero-order chi connectivity index (χ0) is 40.4. The van der Waals surface area contributed by atoms with Gasteiger partial charge in [-0.3, -0.25) is 19.2 Å². The summed E-state index contributed by atoms with van der Waals surface area (Å²) >= 11 is 23.7. The van der Waals surface area contributed by atoms with Crippen molar-refractivity contribution in [1.82, 2.24) is 29.9 Å². The van der Waals surface area contributed by atoms with E-state index < -0.39 is 23.6 Å². The number of nitrogens with zero attached hydrogens (tertiary/aromatic N) is 6. The smallest absolute Gasteiger partial charge is 0.293 e. The van der Waals surface area contributed by atoms with Gasteiger partial charge in [-0.05, 0) is 73.5 Å². The number of aromatic nitrogens is 6. The van der Waals surface area contributed by atoms with Crippen molar-refractivity contribution in [1.29, 1.82) is 0 Å². The highest BCUT2D eigenvalue weighted by Crippen LogP contribution is 2.33. The number of hydrogen-bond acceptors (Lipinski definition) is 11. The van der Waals surface area contributed by atoms with Crippen LogP contribution >= 0.6 is 46.4 Å². The molecule has 6 aromatic rings. The molecule has 0 bridgehead atoms. The van der Waals surface area contributed by atoms with Crippen LogP contribution < -0.4 is 26.0 Å². The van der Waals surface area contributed by atoms with E-state index >= 15 is 0 Å². The maximum absolute atomic E-state index is 12.8. The maximum atomic E-state index is 12.8. The van der Waals surface area contributed by atoms with Gasteiger partial charge in [0.2, 0.25) is 11.6 Å². The molecule has 4 amide bonds. The van der Waals surface area contributed by atoms with Gasteiger partial charge in [0.1, 0.15) is 17.4 Å². The van der Waals surface area contributed by atoms with Crippen molar-refractivity contribution in [2.24, 2.45) is 0 Å². The van der Waals surface area contributed by atoms with Gasteiger partial charge in [0.15, 0.2) is 0 Å². The Hall–Kier alpha value is -6.26. The van der Waals surface area contributed by atoms with E-state index in [1.54, 1.807) is 37.3 Å². The van der Waals surface area contributed by atoms with Crippen molar-refractivity contribution in [3.8, 4) is 5.75 Å². The molecule has 2 aromatic carbocycles. The molecule has 284 valence electrons. The lowest BCUT2D eigenvalue weighted by molar-refractivity contribution is 0.100. The van der Waals surface area contributed by atoms with Gasteiger partial charge in [0.25, 0.3) is 23.6 Å². The maximum Gasteiger partial charge on any atom is 0.293 e. The SMILES string of the molecule is COc1cc(Cl)cc(C(=O)Nc2ccc(Cl)cn2)c1NC(=O)c1ncc(C)cn1.Cc1cnc(C(=O)Nc2ccc(Cl)cc2C(=O)Nc2ccc(Cl)cn2)nc1. The number of hydrogen-bond donors (Lipinski definition) is 4. The minimum absolute atomic E-state index is 0.0127. The molecule has 15 nitrogen and oxygen atoms in total. The Morgan fingerprint density at radius 1 is 0.500 bits per heavy atom. The van der Waals surface area contributed by atoms with Gasteiger partial charge in [-0.25, -0.2) is 29.9 Å². The fourth-order valence-corrected chi connectivity index (χ4v) is 5.10. The molecule has 19 heteroatoms. The number of anilines is 4. The molecule has 4 aromatic heterocycles. The minimum atomic E-state index is -0.607. The number of carbonyl (C=O) groups excluding carboxylic acids is 4. The lowest BCUT2D eigenvalue weighted by Crippen LogP contribution is -2.21. The Balaban J connectivity index is 0.000000215. The molecular weight excluding hydrogens is 806 g/mol. The second-order valence-electron chi connectivity index (χ2n) is 11.4.